The Hall–Kier alpha value is -1.36. The highest BCUT2D eigenvalue weighted by Crippen LogP contribution is 2.25. The molecule has 0 saturated heterocycles. The molecule has 2 N–H and O–H groups in total. The molecule has 0 radical (unpaired) electrons. The molecule has 5 nitrogen and oxygen atoms in total. The number of likely N-dealkylation sites (N-methyl/N-ethyl adjacent to an activating group) is 1. The van der Waals surface area contributed by atoms with E-state index in [1.807, 2.05) is 31.7 Å². The monoisotopic (exact) mass is 266 g/mol. The van der Waals surface area contributed by atoms with Crippen molar-refractivity contribution in [3.8, 4) is 0 Å². The van der Waals surface area contributed by atoms with E-state index >= 15 is 0 Å². The second kappa shape index (κ2) is 6.70. The highest BCUT2D eigenvalue weighted by Gasteiger charge is 2.24. The number of imidazole rings is 1. The van der Waals surface area contributed by atoms with Gasteiger partial charge < -0.3 is 15.2 Å². The van der Waals surface area contributed by atoms with E-state index in [1.54, 1.807) is 11.2 Å². The van der Waals surface area contributed by atoms with Crippen molar-refractivity contribution in [1.82, 2.24) is 14.5 Å². The van der Waals surface area contributed by atoms with E-state index in [4.69, 9.17) is 5.73 Å². The quantitative estimate of drug-likeness (QED) is 0.851. The molecule has 0 bridgehead atoms. The smallest absolute Gasteiger partial charge is 0.245 e. The van der Waals surface area contributed by atoms with E-state index in [1.165, 1.54) is 0 Å². The predicted octanol–water partition coefficient (Wildman–Crippen LogP) is 1.62. The molecule has 0 aliphatic rings. The minimum absolute atomic E-state index is 0.0984. The molecule has 0 aromatic carbocycles. The van der Waals surface area contributed by atoms with E-state index in [9.17, 15) is 4.79 Å². The van der Waals surface area contributed by atoms with Crippen molar-refractivity contribution in [3.63, 3.8) is 0 Å². The summed E-state index contributed by atoms with van der Waals surface area (Å²) < 4.78 is 1.95. The summed E-state index contributed by atoms with van der Waals surface area (Å²) in [6.45, 7) is 9.43. The van der Waals surface area contributed by atoms with Gasteiger partial charge in [-0.25, -0.2) is 4.98 Å². The fourth-order valence-corrected chi connectivity index (χ4v) is 2.25. The van der Waals surface area contributed by atoms with Crippen molar-refractivity contribution < 1.29 is 4.79 Å². The molecule has 1 aromatic heterocycles. The number of nitrogens with two attached hydrogens (primary N) is 1. The molecule has 0 spiro atoms. The Balaban J connectivity index is 3.02. The fraction of sp³-hybridized carbons (Fsp3) is 0.714. The highest BCUT2D eigenvalue weighted by molar-refractivity contribution is 5.79. The maximum absolute atomic E-state index is 12.3. The molecule has 2 atom stereocenters. The number of carbonyl (C=O) groups is 1. The lowest BCUT2D eigenvalue weighted by Gasteiger charge is -2.26. The van der Waals surface area contributed by atoms with Crippen LogP contribution in [-0.4, -0.2) is 40.5 Å². The maximum Gasteiger partial charge on any atom is 0.245 e. The van der Waals surface area contributed by atoms with Crippen LogP contribution < -0.4 is 5.73 Å². The zero-order valence-corrected chi connectivity index (χ0v) is 12.6. The third-order valence-corrected chi connectivity index (χ3v) is 3.76. The molecule has 19 heavy (non-hydrogen) atoms. The lowest BCUT2D eigenvalue weighted by atomic mass is 9.92. The number of aromatic nitrogens is 2. The number of amides is 1. The Morgan fingerprint density at radius 2 is 2.11 bits per heavy atom. The molecule has 1 amide bonds. The van der Waals surface area contributed by atoms with E-state index in [2.05, 4.69) is 18.8 Å². The topological polar surface area (TPSA) is 64.2 Å². The first-order valence-corrected chi connectivity index (χ1v) is 6.90. The molecule has 0 aliphatic carbocycles. The summed E-state index contributed by atoms with van der Waals surface area (Å²) in [4.78, 5) is 18.2. The minimum Gasteiger partial charge on any atom is -0.344 e. The molecule has 0 fully saturated rings. The van der Waals surface area contributed by atoms with Gasteiger partial charge in [0.2, 0.25) is 5.91 Å². The molecule has 1 aromatic rings. The van der Waals surface area contributed by atoms with Crippen molar-refractivity contribution >= 4 is 5.91 Å². The van der Waals surface area contributed by atoms with Gasteiger partial charge in [0.15, 0.2) is 0 Å². The second-order valence-corrected chi connectivity index (χ2v) is 5.34. The van der Waals surface area contributed by atoms with Gasteiger partial charge in [0, 0.05) is 37.9 Å². The Bertz CT molecular complexity index is 413. The fourth-order valence-electron chi connectivity index (χ4n) is 2.25. The van der Waals surface area contributed by atoms with Gasteiger partial charge in [-0.05, 0) is 19.8 Å². The Kier molecular flexibility index (Phi) is 5.54. The van der Waals surface area contributed by atoms with Gasteiger partial charge in [-0.3, -0.25) is 4.79 Å². The number of hydrogen-bond acceptors (Lipinski definition) is 3. The van der Waals surface area contributed by atoms with Crippen LogP contribution in [0.15, 0.2) is 12.5 Å². The largest absolute Gasteiger partial charge is 0.344 e. The molecule has 2 unspecified atom stereocenters. The summed E-state index contributed by atoms with van der Waals surface area (Å²) in [5, 5.41) is 0. The van der Waals surface area contributed by atoms with Crippen molar-refractivity contribution in [2.45, 2.75) is 39.7 Å². The van der Waals surface area contributed by atoms with E-state index in [0.717, 1.165) is 5.69 Å². The summed E-state index contributed by atoms with van der Waals surface area (Å²) in [6.07, 6.45) is 3.56. The minimum atomic E-state index is -0.241. The lowest BCUT2D eigenvalue weighted by molar-refractivity contribution is -0.132. The predicted molar refractivity (Wildman–Crippen MR) is 76.9 cm³/mol. The van der Waals surface area contributed by atoms with Crippen molar-refractivity contribution in [2.75, 3.05) is 20.1 Å². The normalized spacial score (nSPS) is 14.5. The molecular formula is C14H26N4O. The van der Waals surface area contributed by atoms with Crippen LogP contribution in [0.25, 0.3) is 0 Å². The molecule has 1 rings (SSSR count). The second-order valence-electron chi connectivity index (χ2n) is 5.34. The van der Waals surface area contributed by atoms with Gasteiger partial charge in [-0.1, -0.05) is 13.8 Å². The maximum atomic E-state index is 12.3. The first-order chi connectivity index (χ1) is 8.93. The number of rotatable bonds is 6. The van der Waals surface area contributed by atoms with Crippen molar-refractivity contribution in [2.24, 2.45) is 11.7 Å². The first kappa shape index (κ1) is 15.7. The summed E-state index contributed by atoms with van der Waals surface area (Å²) in [7, 11) is 1.82. The highest BCUT2D eigenvalue weighted by atomic mass is 16.2. The van der Waals surface area contributed by atoms with Gasteiger partial charge in [-0.15, -0.1) is 0 Å². The van der Waals surface area contributed by atoms with Crippen LogP contribution in [0.1, 0.15) is 45.3 Å². The lowest BCUT2D eigenvalue weighted by Crippen LogP contribution is -2.34. The summed E-state index contributed by atoms with van der Waals surface area (Å²) in [5.74, 6) is 0.748. The number of hydrogen-bond donors (Lipinski definition) is 1. The van der Waals surface area contributed by atoms with Crippen LogP contribution in [0.5, 0.6) is 0 Å². The SMILES string of the molecule is CCN(C)C(=O)C(C)n1cncc1C(CN)C(C)C. The van der Waals surface area contributed by atoms with Crippen LogP contribution in [0, 0.1) is 5.92 Å². The molecule has 1 heterocycles. The average Bonchev–Trinajstić information content (AvgIpc) is 2.85. The Morgan fingerprint density at radius 3 is 2.58 bits per heavy atom. The average molecular weight is 266 g/mol. The Morgan fingerprint density at radius 1 is 1.47 bits per heavy atom. The molecule has 108 valence electrons. The molecule has 0 aliphatic heterocycles. The van der Waals surface area contributed by atoms with Gasteiger partial charge >= 0.3 is 0 Å². The number of carbonyl (C=O) groups excluding carboxylic acids is 1. The number of nitrogens with zero attached hydrogens (tertiary/aromatic N) is 3. The third-order valence-electron chi connectivity index (χ3n) is 3.76. The zero-order valence-electron chi connectivity index (χ0n) is 12.6. The van der Waals surface area contributed by atoms with E-state index < -0.39 is 0 Å². The van der Waals surface area contributed by atoms with Crippen LogP contribution in [0.2, 0.25) is 0 Å². The van der Waals surface area contributed by atoms with Crippen LogP contribution in [0.4, 0.5) is 0 Å². The summed E-state index contributed by atoms with van der Waals surface area (Å²) in [5.41, 5.74) is 6.90. The molecular weight excluding hydrogens is 240 g/mol. The van der Waals surface area contributed by atoms with Crippen LogP contribution >= 0.6 is 0 Å². The molecule has 5 heteroatoms. The van der Waals surface area contributed by atoms with Crippen LogP contribution in [-0.2, 0) is 4.79 Å². The van der Waals surface area contributed by atoms with Crippen molar-refractivity contribution in [1.29, 1.82) is 0 Å². The summed E-state index contributed by atoms with van der Waals surface area (Å²) >= 11 is 0. The van der Waals surface area contributed by atoms with Gasteiger partial charge in [0.25, 0.3) is 0 Å². The molecule has 0 saturated carbocycles. The van der Waals surface area contributed by atoms with Crippen LogP contribution in [0.3, 0.4) is 0 Å². The first-order valence-electron chi connectivity index (χ1n) is 6.90. The standard InChI is InChI=1S/C14H26N4O/c1-6-17(5)14(19)11(4)18-9-16-8-13(18)12(7-15)10(2)3/h8-12H,6-7,15H2,1-5H3. The third kappa shape index (κ3) is 3.35. The van der Waals surface area contributed by atoms with E-state index in [-0.39, 0.29) is 17.9 Å². The van der Waals surface area contributed by atoms with Gasteiger partial charge in [0.05, 0.1) is 6.33 Å². The Labute approximate surface area is 115 Å². The summed E-state index contributed by atoms with van der Waals surface area (Å²) in [6, 6.07) is -0.241. The van der Waals surface area contributed by atoms with Crippen molar-refractivity contribution in [3.05, 3.63) is 18.2 Å². The van der Waals surface area contributed by atoms with Gasteiger partial charge in [-0.2, -0.15) is 0 Å². The zero-order chi connectivity index (χ0) is 14.6. The van der Waals surface area contributed by atoms with E-state index in [0.29, 0.717) is 19.0 Å². The van der Waals surface area contributed by atoms with Gasteiger partial charge in [0.1, 0.15) is 6.04 Å².